The summed E-state index contributed by atoms with van der Waals surface area (Å²) in [5.41, 5.74) is 0.188. The number of methoxy groups -OCH3 is 2. The average molecular weight is 465 g/mol. The highest BCUT2D eigenvalue weighted by atomic mass is 16.6. The minimum atomic E-state index is -0.594. The van der Waals surface area contributed by atoms with Crippen molar-refractivity contribution in [3.05, 3.63) is 88.0 Å². The van der Waals surface area contributed by atoms with Crippen LogP contribution < -0.4 is 24.8 Å². The Kier molecular flexibility index (Phi) is 8.01. The molecule has 0 aromatic heterocycles. The van der Waals surface area contributed by atoms with Crippen LogP contribution in [0.15, 0.2) is 66.7 Å². The van der Waals surface area contributed by atoms with Crippen LogP contribution in [0.4, 0.5) is 5.69 Å². The maximum atomic E-state index is 12.8. The van der Waals surface area contributed by atoms with Crippen molar-refractivity contribution < 1.29 is 28.7 Å². The number of benzene rings is 3. The summed E-state index contributed by atoms with van der Waals surface area (Å²) in [5.74, 6) is 0.951. The smallest absolute Gasteiger partial charge is 0.270 e. The van der Waals surface area contributed by atoms with E-state index in [-0.39, 0.29) is 36.0 Å². The fourth-order valence-corrected chi connectivity index (χ4v) is 2.96. The third-order valence-electron chi connectivity index (χ3n) is 4.75. The number of non-ortho nitro benzene ring substituents is 1. The third kappa shape index (κ3) is 6.22. The molecule has 0 bridgehead atoms. The van der Waals surface area contributed by atoms with Crippen molar-refractivity contribution in [2.45, 2.75) is 0 Å². The summed E-state index contributed by atoms with van der Waals surface area (Å²) < 4.78 is 15.9. The highest BCUT2D eigenvalue weighted by Crippen LogP contribution is 2.29. The van der Waals surface area contributed by atoms with E-state index < -0.39 is 10.8 Å². The first-order valence-corrected chi connectivity index (χ1v) is 10.2. The second-order valence-electron chi connectivity index (χ2n) is 6.96. The van der Waals surface area contributed by atoms with Crippen LogP contribution in [0.1, 0.15) is 20.7 Å². The summed E-state index contributed by atoms with van der Waals surface area (Å²) in [7, 11) is 3.07. The maximum absolute atomic E-state index is 12.8. The summed E-state index contributed by atoms with van der Waals surface area (Å²) in [6.07, 6.45) is 0. The van der Waals surface area contributed by atoms with Gasteiger partial charge in [-0.25, -0.2) is 0 Å². The Morgan fingerprint density at radius 3 is 1.88 bits per heavy atom. The van der Waals surface area contributed by atoms with Gasteiger partial charge in [-0.05, 0) is 54.6 Å². The molecule has 34 heavy (non-hydrogen) atoms. The lowest BCUT2D eigenvalue weighted by atomic mass is 10.1. The molecule has 0 aliphatic rings. The Morgan fingerprint density at radius 1 is 0.794 bits per heavy atom. The number of hydrogen-bond donors (Lipinski definition) is 2. The fourth-order valence-electron chi connectivity index (χ4n) is 2.96. The number of nitro benzene ring substituents is 1. The zero-order valence-electron chi connectivity index (χ0n) is 18.6. The lowest BCUT2D eigenvalue weighted by Crippen LogP contribution is -2.34. The van der Waals surface area contributed by atoms with E-state index in [1.54, 1.807) is 48.5 Å². The van der Waals surface area contributed by atoms with Crippen molar-refractivity contribution in [3.63, 3.8) is 0 Å². The quantitative estimate of drug-likeness (QED) is 0.266. The molecular weight excluding hydrogens is 442 g/mol. The third-order valence-corrected chi connectivity index (χ3v) is 4.75. The van der Waals surface area contributed by atoms with E-state index in [0.29, 0.717) is 22.8 Å². The van der Waals surface area contributed by atoms with Crippen molar-refractivity contribution >= 4 is 17.5 Å². The number of ether oxygens (including phenoxy) is 3. The first kappa shape index (κ1) is 24.1. The summed E-state index contributed by atoms with van der Waals surface area (Å²) in [4.78, 5) is 35.6. The van der Waals surface area contributed by atoms with Crippen LogP contribution >= 0.6 is 0 Å². The lowest BCUT2D eigenvalue weighted by molar-refractivity contribution is -0.384. The molecular formula is C24H23N3O7. The Bertz CT molecular complexity index is 1160. The number of hydrogen-bond acceptors (Lipinski definition) is 7. The van der Waals surface area contributed by atoms with Crippen LogP contribution in [0.25, 0.3) is 0 Å². The first-order valence-electron chi connectivity index (χ1n) is 10.2. The molecule has 2 amide bonds. The summed E-state index contributed by atoms with van der Waals surface area (Å²) in [6, 6.07) is 17.0. The van der Waals surface area contributed by atoms with Gasteiger partial charge < -0.3 is 24.8 Å². The fraction of sp³-hybridized carbons (Fsp3) is 0.167. The highest BCUT2D eigenvalue weighted by molar-refractivity contribution is 5.98. The van der Waals surface area contributed by atoms with E-state index in [1.807, 2.05) is 0 Å². The lowest BCUT2D eigenvalue weighted by Gasteiger charge is -2.12. The summed E-state index contributed by atoms with van der Waals surface area (Å²) in [5, 5.41) is 16.5. The SMILES string of the molecule is COc1ccc(Oc2ccc([N+](=O)[O-])cc2C(=O)NCCNC(=O)c2ccc(OC)cc2)cc1. The largest absolute Gasteiger partial charge is 0.497 e. The van der Waals surface area contributed by atoms with Gasteiger partial charge in [0.15, 0.2) is 0 Å². The number of nitrogens with zero attached hydrogens (tertiary/aromatic N) is 1. The minimum Gasteiger partial charge on any atom is -0.497 e. The minimum absolute atomic E-state index is 0.00787. The van der Waals surface area contributed by atoms with Crippen molar-refractivity contribution in [2.24, 2.45) is 0 Å². The predicted octanol–water partition coefficient (Wildman–Crippen LogP) is 3.56. The Morgan fingerprint density at radius 2 is 1.32 bits per heavy atom. The highest BCUT2D eigenvalue weighted by Gasteiger charge is 2.18. The Balaban J connectivity index is 1.63. The van der Waals surface area contributed by atoms with Gasteiger partial charge in [-0.2, -0.15) is 0 Å². The molecule has 10 nitrogen and oxygen atoms in total. The van der Waals surface area contributed by atoms with Gasteiger partial charge in [0.2, 0.25) is 0 Å². The number of nitrogens with one attached hydrogen (secondary N) is 2. The summed E-state index contributed by atoms with van der Waals surface area (Å²) in [6.45, 7) is 0.256. The van der Waals surface area contributed by atoms with Gasteiger partial charge in [-0.1, -0.05) is 0 Å². The molecule has 0 aliphatic carbocycles. The topological polar surface area (TPSA) is 129 Å². The van der Waals surface area contributed by atoms with Gasteiger partial charge in [0, 0.05) is 30.8 Å². The van der Waals surface area contributed by atoms with Crippen LogP contribution in [-0.2, 0) is 0 Å². The first-order chi connectivity index (χ1) is 16.4. The molecule has 0 unspecified atom stereocenters. The van der Waals surface area contributed by atoms with E-state index in [1.165, 1.54) is 26.4 Å². The molecule has 2 N–H and O–H groups in total. The molecule has 3 aromatic carbocycles. The van der Waals surface area contributed by atoms with Crippen LogP contribution in [0.3, 0.4) is 0 Å². The molecule has 0 fully saturated rings. The van der Waals surface area contributed by atoms with E-state index in [0.717, 1.165) is 6.07 Å². The van der Waals surface area contributed by atoms with Crippen LogP contribution in [0.2, 0.25) is 0 Å². The van der Waals surface area contributed by atoms with Gasteiger partial charge in [0.1, 0.15) is 23.0 Å². The van der Waals surface area contributed by atoms with Gasteiger partial charge in [0.05, 0.1) is 24.7 Å². The molecule has 3 aromatic rings. The normalized spacial score (nSPS) is 10.2. The van der Waals surface area contributed by atoms with E-state index >= 15 is 0 Å². The molecule has 0 saturated carbocycles. The van der Waals surface area contributed by atoms with Crippen molar-refractivity contribution in [1.82, 2.24) is 10.6 Å². The second kappa shape index (κ2) is 11.3. The summed E-state index contributed by atoms with van der Waals surface area (Å²) >= 11 is 0. The molecule has 0 heterocycles. The number of carbonyl (C=O) groups excluding carboxylic acids is 2. The van der Waals surface area contributed by atoms with Crippen molar-refractivity contribution in [3.8, 4) is 23.0 Å². The van der Waals surface area contributed by atoms with E-state index in [2.05, 4.69) is 10.6 Å². The zero-order chi connectivity index (χ0) is 24.5. The molecule has 0 atom stereocenters. The molecule has 0 radical (unpaired) electrons. The number of rotatable bonds is 10. The van der Waals surface area contributed by atoms with Gasteiger partial charge in [-0.15, -0.1) is 0 Å². The van der Waals surface area contributed by atoms with Gasteiger partial charge in [-0.3, -0.25) is 19.7 Å². The monoisotopic (exact) mass is 465 g/mol. The van der Waals surface area contributed by atoms with Crippen molar-refractivity contribution in [2.75, 3.05) is 27.3 Å². The maximum Gasteiger partial charge on any atom is 0.270 e. The Labute approximate surface area is 195 Å². The predicted molar refractivity (Wildman–Crippen MR) is 124 cm³/mol. The molecule has 0 saturated heterocycles. The standard InChI is InChI=1S/C24H23N3O7/c1-32-18-6-3-16(4-7-18)23(28)25-13-14-26-24(29)21-15-17(27(30)31)5-12-22(21)34-20-10-8-19(33-2)9-11-20/h3-12,15H,13-14H2,1-2H3,(H,25,28)(H,26,29). The van der Waals surface area contributed by atoms with Gasteiger partial charge in [0.25, 0.3) is 17.5 Å². The number of carbonyl (C=O) groups is 2. The molecule has 3 rings (SSSR count). The van der Waals surface area contributed by atoms with E-state index in [9.17, 15) is 19.7 Å². The van der Waals surface area contributed by atoms with Crippen LogP contribution in [0, 0.1) is 10.1 Å². The van der Waals surface area contributed by atoms with Crippen LogP contribution in [0.5, 0.6) is 23.0 Å². The van der Waals surface area contributed by atoms with E-state index in [4.69, 9.17) is 14.2 Å². The average Bonchev–Trinajstić information content (AvgIpc) is 2.87. The van der Waals surface area contributed by atoms with Crippen molar-refractivity contribution in [1.29, 1.82) is 0 Å². The number of amides is 2. The van der Waals surface area contributed by atoms with Crippen LogP contribution in [-0.4, -0.2) is 44.0 Å². The zero-order valence-corrected chi connectivity index (χ0v) is 18.6. The molecule has 10 heteroatoms. The molecule has 0 spiro atoms. The van der Waals surface area contributed by atoms with Gasteiger partial charge >= 0.3 is 0 Å². The second-order valence-corrected chi connectivity index (χ2v) is 6.96. The Hall–Kier alpha value is -4.60. The molecule has 0 aliphatic heterocycles. The molecule has 176 valence electrons. The number of nitro groups is 1.